The zero-order valence-corrected chi connectivity index (χ0v) is 8.31. The van der Waals surface area contributed by atoms with Crippen LogP contribution < -0.4 is 4.74 Å². The van der Waals surface area contributed by atoms with Crippen molar-refractivity contribution in [1.82, 2.24) is 14.9 Å². The minimum atomic E-state index is 0.625. The van der Waals surface area contributed by atoms with Gasteiger partial charge in [-0.15, -0.1) is 0 Å². The summed E-state index contributed by atoms with van der Waals surface area (Å²) in [5, 5.41) is 8.02. The van der Waals surface area contributed by atoms with Gasteiger partial charge >= 0.3 is 0 Å². The Balaban J connectivity index is 2.49. The van der Waals surface area contributed by atoms with E-state index in [1.54, 1.807) is 18.0 Å². The summed E-state index contributed by atoms with van der Waals surface area (Å²) < 4.78 is 11.9. The summed E-state index contributed by atoms with van der Waals surface area (Å²) in [6.07, 6.45) is 1.78. The minimum absolute atomic E-state index is 0.625. The highest BCUT2D eigenvalue weighted by molar-refractivity contribution is 5.60. The van der Waals surface area contributed by atoms with Crippen LogP contribution in [0.5, 0.6) is 5.75 Å². The molecule has 0 aliphatic rings. The minimum Gasteiger partial charge on any atom is -0.493 e. The van der Waals surface area contributed by atoms with Gasteiger partial charge in [-0.3, -0.25) is 4.68 Å². The van der Waals surface area contributed by atoms with E-state index in [1.807, 2.05) is 20.0 Å². The third kappa shape index (κ3) is 1.37. The summed E-state index contributed by atoms with van der Waals surface area (Å²) in [7, 11) is 3.43. The fourth-order valence-corrected chi connectivity index (χ4v) is 1.26. The molecule has 0 saturated heterocycles. The van der Waals surface area contributed by atoms with E-state index in [4.69, 9.17) is 9.26 Å². The third-order valence-corrected chi connectivity index (χ3v) is 1.88. The number of aryl methyl sites for hydroxylation is 2. The van der Waals surface area contributed by atoms with Gasteiger partial charge < -0.3 is 9.26 Å². The maximum Gasteiger partial charge on any atom is 0.191 e. The van der Waals surface area contributed by atoms with Crippen molar-refractivity contribution in [3.63, 3.8) is 0 Å². The van der Waals surface area contributed by atoms with Crippen LogP contribution in [0.3, 0.4) is 0 Å². The number of aromatic nitrogens is 3. The molecule has 5 heteroatoms. The van der Waals surface area contributed by atoms with Gasteiger partial charge in [-0.1, -0.05) is 5.16 Å². The van der Waals surface area contributed by atoms with Gasteiger partial charge in [-0.25, -0.2) is 0 Å². The van der Waals surface area contributed by atoms with Crippen LogP contribution in [0.4, 0.5) is 0 Å². The quantitative estimate of drug-likeness (QED) is 0.723. The lowest BCUT2D eigenvalue weighted by molar-refractivity contribution is 0.404. The molecule has 2 aromatic rings. The van der Waals surface area contributed by atoms with Crippen LogP contribution in [0.1, 0.15) is 5.69 Å². The van der Waals surface area contributed by atoms with Crippen LogP contribution in [0.15, 0.2) is 16.8 Å². The Labute approximate surface area is 81.3 Å². The van der Waals surface area contributed by atoms with Gasteiger partial charge in [0.15, 0.2) is 17.2 Å². The Kier molecular flexibility index (Phi) is 1.99. The second kappa shape index (κ2) is 3.17. The third-order valence-electron chi connectivity index (χ3n) is 1.88. The number of nitrogens with zero attached hydrogens (tertiary/aromatic N) is 3. The molecule has 5 nitrogen and oxygen atoms in total. The molecular weight excluding hydrogens is 182 g/mol. The van der Waals surface area contributed by atoms with Crippen LogP contribution in [-0.2, 0) is 7.05 Å². The van der Waals surface area contributed by atoms with Crippen LogP contribution in [0.25, 0.3) is 11.5 Å². The summed E-state index contributed by atoms with van der Waals surface area (Å²) in [5.41, 5.74) is 1.50. The molecule has 0 aromatic carbocycles. The zero-order chi connectivity index (χ0) is 10.1. The van der Waals surface area contributed by atoms with Crippen LogP contribution in [0, 0.1) is 6.92 Å². The Hall–Kier alpha value is -1.78. The van der Waals surface area contributed by atoms with E-state index in [1.165, 1.54) is 0 Å². The molecule has 14 heavy (non-hydrogen) atoms. The molecule has 0 bridgehead atoms. The summed E-state index contributed by atoms with van der Waals surface area (Å²) in [5.74, 6) is 1.31. The molecule has 2 rings (SSSR count). The van der Waals surface area contributed by atoms with E-state index in [2.05, 4.69) is 10.3 Å². The topological polar surface area (TPSA) is 53.1 Å². The standard InChI is InChI=1S/C9H11N3O2/c1-6-4-7(14-11-6)9-8(13-3)5-12(2)10-9/h4-5H,1-3H3. The van der Waals surface area contributed by atoms with Gasteiger partial charge in [0.1, 0.15) is 0 Å². The molecule has 0 amide bonds. The van der Waals surface area contributed by atoms with Gasteiger partial charge in [0.2, 0.25) is 0 Å². The Bertz CT molecular complexity index is 445. The van der Waals surface area contributed by atoms with E-state index in [0.29, 0.717) is 17.2 Å². The van der Waals surface area contributed by atoms with Gasteiger partial charge in [0.25, 0.3) is 0 Å². The monoisotopic (exact) mass is 193 g/mol. The molecule has 74 valence electrons. The molecule has 0 aliphatic carbocycles. The molecule has 0 aliphatic heterocycles. The predicted octanol–water partition coefficient (Wildman–Crippen LogP) is 1.39. The first-order valence-electron chi connectivity index (χ1n) is 4.22. The molecule has 0 N–H and O–H groups in total. The first-order chi connectivity index (χ1) is 6.70. The molecular formula is C9H11N3O2. The largest absolute Gasteiger partial charge is 0.493 e. The number of hydrogen-bond acceptors (Lipinski definition) is 4. The van der Waals surface area contributed by atoms with Gasteiger partial charge in [0, 0.05) is 13.1 Å². The highest BCUT2D eigenvalue weighted by Gasteiger charge is 2.14. The van der Waals surface area contributed by atoms with E-state index < -0.39 is 0 Å². The normalized spacial score (nSPS) is 10.5. The molecule has 0 unspecified atom stereocenters. The lowest BCUT2D eigenvalue weighted by atomic mass is 10.3. The van der Waals surface area contributed by atoms with Gasteiger partial charge in [-0.05, 0) is 6.92 Å². The average Bonchev–Trinajstić information content (AvgIpc) is 2.71. The maximum atomic E-state index is 5.16. The van der Waals surface area contributed by atoms with Crippen molar-refractivity contribution in [3.8, 4) is 17.2 Å². The molecule has 0 radical (unpaired) electrons. The number of rotatable bonds is 2. The Morgan fingerprint density at radius 2 is 2.29 bits per heavy atom. The van der Waals surface area contributed by atoms with Crippen molar-refractivity contribution in [2.45, 2.75) is 6.92 Å². The summed E-state index contributed by atoms with van der Waals surface area (Å²) in [6.45, 7) is 1.86. The maximum absolute atomic E-state index is 5.16. The van der Waals surface area contributed by atoms with E-state index in [9.17, 15) is 0 Å². The fraction of sp³-hybridized carbons (Fsp3) is 0.333. The van der Waals surface area contributed by atoms with E-state index in [-0.39, 0.29) is 0 Å². The van der Waals surface area contributed by atoms with Gasteiger partial charge in [0.05, 0.1) is 19.0 Å². The highest BCUT2D eigenvalue weighted by Crippen LogP contribution is 2.28. The van der Waals surface area contributed by atoms with E-state index >= 15 is 0 Å². The van der Waals surface area contributed by atoms with Crippen molar-refractivity contribution >= 4 is 0 Å². The van der Waals surface area contributed by atoms with E-state index in [0.717, 1.165) is 5.69 Å². The lowest BCUT2D eigenvalue weighted by Gasteiger charge is -1.94. The van der Waals surface area contributed by atoms with Crippen molar-refractivity contribution in [1.29, 1.82) is 0 Å². The lowest BCUT2D eigenvalue weighted by Crippen LogP contribution is -1.86. The fourth-order valence-electron chi connectivity index (χ4n) is 1.26. The number of hydrogen-bond donors (Lipinski definition) is 0. The summed E-state index contributed by atoms with van der Waals surface area (Å²) in [6, 6.07) is 1.82. The Morgan fingerprint density at radius 1 is 1.50 bits per heavy atom. The van der Waals surface area contributed by atoms with Crippen LogP contribution >= 0.6 is 0 Å². The van der Waals surface area contributed by atoms with Crippen LogP contribution in [0.2, 0.25) is 0 Å². The summed E-state index contributed by atoms with van der Waals surface area (Å²) in [4.78, 5) is 0. The average molecular weight is 193 g/mol. The molecule has 2 aromatic heterocycles. The number of methoxy groups -OCH3 is 1. The van der Waals surface area contributed by atoms with Crippen molar-refractivity contribution in [3.05, 3.63) is 18.0 Å². The molecule has 0 fully saturated rings. The smallest absolute Gasteiger partial charge is 0.191 e. The summed E-state index contributed by atoms with van der Waals surface area (Å²) >= 11 is 0. The zero-order valence-electron chi connectivity index (χ0n) is 8.31. The second-order valence-electron chi connectivity index (χ2n) is 3.05. The molecule has 0 atom stereocenters. The van der Waals surface area contributed by atoms with Crippen LogP contribution in [-0.4, -0.2) is 22.0 Å². The SMILES string of the molecule is COc1cn(C)nc1-c1cc(C)no1. The van der Waals surface area contributed by atoms with Gasteiger partial charge in [-0.2, -0.15) is 5.10 Å². The van der Waals surface area contributed by atoms with Crippen molar-refractivity contribution < 1.29 is 9.26 Å². The molecule has 0 saturated carbocycles. The first-order valence-corrected chi connectivity index (χ1v) is 4.22. The first kappa shape index (κ1) is 8.80. The predicted molar refractivity (Wildman–Crippen MR) is 50.0 cm³/mol. The van der Waals surface area contributed by atoms with Crippen molar-refractivity contribution in [2.75, 3.05) is 7.11 Å². The highest BCUT2D eigenvalue weighted by atomic mass is 16.5. The Morgan fingerprint density at radius 3 is 2.86 bits per heavy atom. The second-order valence-corrected chi connectivity index (χ2v) is 3.05. The molecule has 2 heterocycles. The molecule has 0 spiro atoms. The van der Waals surface area contributed by atoms with Crippen molar-refractivity contribution in [2.24, 2.45) is 7.05 Å². The number of ether oxygens (including phenoxy) is 1.